The van der Waals surface area contributed by atoms with Crippen LogP contribution >= 0.6 is 0 Å². The maximum absolute atomic E-state index is 12.7. The van der Waals surface area contributed by atoms with Gasteiger partial charge in [0.15, 0.2) is 0 Å². The summed E-state index contributed by atoms with van der Waals surface area (Å²) < 4.78 is 4.71. The number of nitrogens with one attached hydrogen (secondary N) is 1. The molecule has 138 valence electrons. The van der Waals surface area contributed by atoms with Crippen molar-refractivity contribution in [1.82, 2.24) is 5.32 Å². The largest absolute Gasteiger partial charge is 0.465 e. The summed E-state index contributed by atoms with van der Waals surface area (Å²) in [4.78, 5) is 24.2. The summed E-state index contributed by atoms with van der Waals surface area (Å²) in [6, 6.07) is 16.2. The van der Waals surface area contributed by atoms with Crippen molar-refractivity contribution in [3.8, 4) is 11.8 Å². The van der Waals surface area contributed by atoms with E-state index in [4.69, 9.17) is 4.74 Å². The second-order valence-corrected chi connectivity index (χ2v) is 6.78. The molecule has 4 nitrogen and oxygen atoms in total. The number of carbonyl (C=O) groups excluding carboxylic acids is 2. The summed E-state index contributed by atoms with van der Waals surface area (Å²) in [7, 11) is 1.36. The molecule has 2 aromatic carbocycles. The number of amides is 1. The van der Waals surface area contributed by atoms with Crippen LogP contribution in [0.4, 0.5) is 0 Å². The van der Waals surface area contributed by atoms with Crippen molar-refractivity contribution in [2.45, 2.75) is 37.6 Å². The monoisotopic (exact) mass is 361 g/mol. The number of carbonyl (C=O) groups is 2. The minimum absolute atomic E-state index is 0.0900. The summed E-state index contributed by atoms with van der Waals surface area (Å²) >= 11 is 0. The van der Waals surface area contributed by atoms with Crippen LogP contribution in [0.15, 0.2) is 54.6 Å². The van der Waals surface area contributed by atoms with Crippen LogP contribution in [0.5, 0.6) is 0 Å². The van der Waals surface area contributed by atoms with Crippen LogP contribution in [0, 0.1) is 11.8 Å². The fourth-order valence-corrected chi connectivity index (χ4v) is 3.31. The Morgan fingerprint density at radius 2 is 1.59 bits per heavy atom. The molecule has 1 amide bonds. The molecular weight excluding hydrogens is 338 g/mol. The van der Waals surface area contributed by atoms with Crippen molar-refractivity contribution < 1.29 is 14.3 Å². The minimum Gasteiger partial charge on any atom is -0.465 e. The van der Waals surface area contributed by atoms with E-state index in [0.717, 1.165) is 31.2 Å². The van der Waals surface area contributed by atoms with E-state index in [9.17, 15) is 9.59 Å². The van der Waals surface area contributed by atoms with Crippen LogP contribution < -0.4 is 5.32 Å². The highest BCUT2D eigenvalue weighted by atomic mass is 16.5. The Balaban J connectivity index is 1.80. The van der Waals surface area contributed by atoms with Crippen LogP contribution in [0.2, 0.25) is 0 Å². The Hall–Kier alpha value is -3.06. The van der Waals surface area contributed by atoms with Gasteiger partial charge in [-0.25, -0.2) is 4.79 Å². The standard InChI is InChI=1S/C23H23NO3/c1-27-22(26)20-12-10-18(11-13-20)14-17-23(15-6-3-7-16-23)24-21(25)19-8-4-2-5-9-19/h2,4-5,8-13H,3,6-7,15-16H2,1H3,(H,24,25). The molecule has 0 heterocycles. The fraction of sp³-hybridized carbons (Fsp3) is 0.304. The van der Waals surface area contributed by atoms with Gasteiger partial charge >= 0.3 is 5.97 Å². The number of hydrogen-bond donors (Lipinski definition) is 1. The van der Waals surface area contributed by atoms with Gasteiger partial charge in [0.05, 0.1) is 12.7 Å². The molecule has 0 bridgehead atoms. The van der Waals surface area contributed by atoms with Gasteiger partial charge in [-0.3, -0.25) is 4.79 Å². The molecule has 0 radical (unpaired) electrons. The first-order chi connectivity index (χ1) is 13.1. The van der Waals surface area contributed by atoms with Crippen LogP contribution in [0.25, 0.3) is 0 Å². The SMILES string of the molecule is COC(=O)c1ccc(C#CC2(NC(=O)c3ccccc3)CCCCC2)cc1. The number of hydrogen-bond acceptors (Lipinski definition) is 3. The molecule has 1 aliphatic carbocycles. The Labute approximate surface area is 159 Å². The molecule has 1 N–H and O–H groups in total. The van der Waals surface area contributed by atoms with E-state index in [1.807, 2.05) is 30.3 Å². The smallest absolute Gasteiger partial charge is 0.337 e. The average molecular weight is 361 g/mol. The number of rotatable bonds is 3. The van der Waals surface area contributed by atoms with Gasteiger partial charge in [-0.05, 0) is 49.2 Å². The molecule has 2 aromatic rings. The lowest BCUT2D eigenvalue weighted by Crippen LogP contribution is -2.48. The molecule has 0 aromatic heterocycles. The van der Waals surface area contributed by atoms with E-state index < -0.39 is 5.54 Å². The molecule has 27 heavy (non-hydrogen) atoms. The van der Waals surface area contributed by atoms with Gasteiger partial charge in [0.25, 0.3) is 5.91 Å². The minimum atomic E-state index is -0.508. The van der Waals surface area contributed by atoms with Crippen molar-refractivity contribution >= 4 is 11.9 Å². The number of benzene rings is 2. The first kappa shape index (κ1) is 18.7. The highest BCUT2D eigenvalue weighted by Crippen LogP contribution is 2.28. The number of esters is 1. The second-order valence-electron chi connectivity index (χ2n) is 6.78. The highest BCUT2D eigenvalue weighted by molar-refractivity contribution is 5.95. The normalized spacial score (nSPS) is 15.1. The van der Waals surface area contributed by atoms with Gasteiger partial charge in [0, 0.05) is 11.1 Å². The third-order valence-electron chi connectivity index (χ3n) is 4.85. The van der Waals surface area contributed by atoms with E-state index in [1.54, 1.807) is 24.3 Å². The maximum atomic E-state index is 12.7. The Morgan fingerprint density at radius 1 is 0.926 bits per heavy atom. The molecule has 3 rings (SSSR count). The molecular formula is C23H23NO3. The van der Waals surface area contributed by atoms with Gasteiger partial charge in [-0.15, -0.1) is 0 Å². The predicted molar refractivity (Wildman–Crippen MR) is 104 cm³/mol. The van der Waals surface area contributed by atoms with E-state index in [2.05, 4.69) is 17.2 Å². The van der Waals surface area contributed by atoms with E-state index >= 15 is 0 Å². The lowest BCUT2D eigenvalue weighted by Gasteiger charge is -2.33. The highest BCUT2D eigenvalue weighted by Gasteiger charge is 2.32. The molecule has 4 heteroatoms. The summed E-state index contributed by atoms with van der Waals surface area (Å²) in [6.07, 6.45) is 4.95. The van der Waals surface area contributed by atoms with Gasteiger partial charge in [-0.2, -0.15) is 0 Å². The molecule has 0 unspecified atom stereocenters. The van der Waals surface area contributed by atoms with E-state index in [1.165, 1.54) is 13.5 Å². The molecule has 0 aliphatic heterocycles. The summed E-state index contributed by atoms with van der Waals surface area (Å²) in [5.74, 6) is 6.04. The molecule has 1 saturated carbocycles. The lowest BCUT2D eigenvalue weighted by atomic mass is 9.81. The average Bonchev–Trinajstić information content (AvgIpc) is 2.73. The zero-order chi connectivity index (χ0) is 19.1. The van der Waals surface area contributed by atoms with Crippen LogP contribution in [-0.4, -0.2) is 24.5 Å². The Morgan fingerprint density at radius 3 is 2.22 bits per heavy atom. The second kappa shape index (κ2) is 8.55. The van der Waals surface area contributed by atoms with E-state index in [-0.39, 0.29) is 11.9 Å². The van der Waals surface area contributed by atoms with Gasteiger partial charge in [0.1, 0.15) is 5.54 Å². The summed E-state index contributed by atoms with van der Waals surface area (Å²) in [6.45, 7) is 0. The topological polar surface area (TPSA) is 55.4 Å². The molecule has 0 saturated heterocycles. The molecule has 0 atom stereocenters. The summed E-state index contributed by atoms with van der Waals surface area (Å²) in [5, 5.41) is 3.17. The zero-order valence-corrected chi connectivity index (χ0v) is 15.5. The fourth-order valence-electron chi connectivity index (χ4n) is 3.31. The third kappa shape index (κ3) is 4.77. The molecule has 0 spiro atoms. The molecule has 1 fully saturated rings. The van der Waals surface area contributed by atoms with Gasteiger partial charge < -0.3 is 10.1 Å². The van der Waals surface area contributed by atoms with Gasteiger partial charge in [0.2, 0.25) is 0 Å². The first-order valence-electron chi connectivity index (χ1n) is 9.21. The first-order valence-corrected chi connectivity index (χ1v) is 9.21. The van der Waals surface area contributed by atoms with Crippen molar-refractivity contribution in [3.05, 3.63) is 71.3 Å². The van der Waals surface area contributed by atoms with Crippen LogP contribution in [-0.2, 0) is 4.74 Å². The maximum Gasteiger partial charge on any atom is 0.337 e. The Bertz CT molecular complexity index is 854. The number of ether oxygens (including phenoxy) is 1. The summed E-state index contributed by atoms with van der Waals surface area (Å²) in [5.41, 5.74) is 1.44. The van der Waals surface area contributed by atoms with Crippen molar-refractivity contribution in [1.29, 1.82) is 0 Å². The van der Waals surface area contributed by atoms with Crippen molar-refractivity contribution in [2.24, 2.45) is 0 Å². The van der Waals surface area contributed by atoms with Crippen molar-refractivity contribution in [2.75, 3.05) is 7.11 Å². The van der Waals surface area contributed by atoms with E-state index in [0.29, 0.717) is 11.1 Å². The predicted octanol–water partition coefficient (Wildman–Crippen LogP) is 3.96. The Kier molecular flexibility index (Phi) is 5.93. The van der Waals surface area contributed by atoms with Crippen LogP contribution in [0.1, 0.15) is 58.4 Å². The van der Waals surface area contributed by atoms with Gasteiger partial charge in [-0.1, -0.05) is 49.3 Å². The third-order valence-corrected chi connectivity index (χ3v) is 4.85. The number of methoxy groups -OCH3 is 1. The van der Waals surface area contributed by atoms with Crippen LogP contribution in [0.3, 0.4) is 0 Å². The molecule has 1 aliphatic rings. The quantitative estimate of drug-likeness (QED) is 0.665. The zero-order valence-electron chi connectivity index (χ0n) is 15.5. The lowest BCUT2D eigenvalue weighted by molar-refractivity contribution is 0.0600. The van der Waals surface area contributed by atoms with Crippen molar-refractivity contribution in [3.63, 3.8) is 0 Å².